The SMILES string of the molecule is CS(=O)(=O)CCCOc1cc(NC(=O)N2C=CC(=O)CC2c2ccc(F)cc2)c(Br)cc1Cl. The van der Waals surface area contributed by atoms with E-state index in [1.165, 1.54) is 47.5 Å². The quantitative estimate of drug-likeness (QED) is 0.476. The van der Waals surface area contributed by atoms with Crippen LogP contribution in [0.4, 0.5) is 14.9 Å². The Morgan fingerprint density at radius 2 is 2.00 bits per heavy atom. The monoisotopic (exact) mass is 558 g/mol. The Bertz CT molecular complexity index is 1190. The summed E-state index contributed by atoms with van der Waals surface area (Å²) in [5, 5.41) is 3.04. The number of sulfone groups is 1. The van der Waals surface area contributed by atoms with Gasteiger partial charge in [0.25, 0.3) is 0 Å². The molecule has 3 rings (SSSR count). The van der Waals surface area contributed by atoms with Gasteiger partial charge in [-0.2, -0.15) is 0 Å². The van der Waals surface area contributed by atoms with Crippen LogP contribution in [0.15, 0.2) is 53.1 Å². The van der Waals surface area contributed by atoms with Crippen LogP contribution in [-0.2, 0) is 14.6 Å². The van der Waals surface area contributed by atoms with Gasteiger partial charge in [-0.15, -0.1) is 0 Å². The fourth-order valence-corrected chi connectivity index (χ4v) is 4.65. The van der Waals surface area contributed by atoms with Crippen LogP contribution in [0.2, 0.25) is 5.02 Å². The first-order chi connectivity index (χ1) is 15.5. The Labute approximate surface area is 204 Å². The van der Waals surface area contributed by atoms with Crippen molar-refractivity contribution in [2.24, 2.45) is 0 Å². The fourth-order valence-electron chi connectivity index (χ4n) is 3.22. The maximum Gasteiger partial charge on any atom is 0.326 e. The smallest absolute Gasteiger partial charge is 0.326 e. The molecule has 2 amide bonds. The Morgan fingerprint density at radius 3 is 2.67 bits per heavy atom. The summed E-state index contributed by atoms with van der Waals surface area (Å²) in [6.07, 6.45) is 4.20. The van der Waals surface area contributed by atoms with Crippen LogP contribution in [0.25, 0.3) is 0 Å². The van der Waals surface area contributed by atoms with E-state index >= 15 is 0 Å². The maximum atomic E-state index is 13.3. The van der Waals surface area contributed by atoms with Gasteiger partial charge in [0, 0.05) is 29.4 Å². The van der Waals surface area contributed by atoms with Crippen LogP contribution in [-0.4, -0.2) is 43.7 Å². The Morgan fingerprint density at radius 1 is 1.30 bits per heavy atom. The second-order valence-electron chi connectivity index (χ2n) is 7.49. The lowest BCUT2D eigenvalue weighted by Gasteiger charge is -2.31. The molecule has 2 aromatic rings. The number of carbonyl (C=O) groups is 2. The molecule has 0 radical (unpaired) electrons. The van der Waals surface area contributed by atoms with Crippen molar-refractivity contribution < 1.29 is 27.1 Å². The van der Waals surface area contributed by atoms with Gasteiger partial charge in [0.15, 0.2) is 5.78 Å². The summed E-state index contributed by atoms with van der Waals surface area (Å²) in [5.41, 5.74) is 0.986. The van der Waals surface area contributed by atoms with Crippen LogP contribution in [0.5, 0.6) is 5.75 Å². The Kier molecular flexibility index (Phi) is 8.14. The van der Waals surface area contributed by atoms with Crippen LogP contribution in [0.1, 0.15) is 24.4 Å². The van der Waals surface area contributed by atoms with E-state index in [2.05, 4.69) is 21.2 Å². The van der Waals surface area contributed by atoms with Gasteiger partial charge in [-0.05, 0) is 52.2 Å². The zero-order chi connectivity index (χ0) is 24.2. The van der Waals surface area contributed by atoms with E-state index in [9.17, 15) is 22.4 Å². The van der Waals surface area contributed by atoms with Gasteiger partial charge in [0.1, 0.15) is 21.4 Å². The Hall–Kier alpha value is -2.43. The molecular weight excluding hydrogens is 539 g/mol. The van der Waals surface area contributed by atoms with Crippen molar-refractivity contribution in [2.75, 3.05) is 23.9 Å². The van der Waals surface area contributed by atoms with Crippen molar-refractivity contribution in [2.45, 2.75) is 18.9 Å². The van der Waals surface area contributed by atoms with E-state index in [1.807, 2.05) is 0 Å². The highest BCUT2D eigenvalue weighted by molar-refractivity contribution is 9.10. The number of nitrogens with one attached hydrogen (secondary N) is 1. The van der Waals surface area contributed by atoms with E-state index in [0.717, 1.165) is 6.26 Å². The van der Waals surface area contributed by atoms with Gasteiger partial charge >= 0.3 is 6.03 Å². The van der Waals surface area contributed by atoms with Gasteiger partial charge < -0.3 is 10.1 Å². The minimum atomic E-state index is -3.10. The first kappa shape index (κ1) is 25.2. The van der Waals surface area contributed by atoms with Crippen molar-refractivity contribution in [3.8, 4) is 5.75 Å². The number of amides is 2. The minimum Gasteiger partial charge on any atom is -0.492 e. The van der Waals surface area contributed by atoms with Crippen molar-refractivity contribution in [1.82, 2.24) is 4.90 Å². The lowest BCUT2D eigenvalue weighted by molar-refractivity contribution is -0.116. The molecule has 176 valence electrons. The van der Waals surface area contributed by atoms with E-state index in [1.54, 1.807) is 6.07 Å². The number of nitrogens with zero attached hydrogens (tertiary/aromatic N) is 1. The molecule has 7 nitrogen and oxygen atoms in total. The number of rotatable bonds is 7. The number of ketones is 1. The molecule has 0 fully saturated rings. The first-order valence-electron chi connectivity index (χ1n) is 9.89. The second kappa shape index (κ2) is 10.7. The summed E-state index contributed by atoms with van der Waals surface area (Å²) in [7, 11) is -3.10. The highest BCUT2D eigenvalue weighted by Crippen LogP contribution is 2.36. The van der Waals surface area contributed by atoms with Crippen LogP contribution < -0.4 is 10.1 Å². The molecule has 1 heterocycles. The molecule has 0 spiro atoms. The molecule has 1 unspecified atom stereocenters. The van der Waals surface area contributed by atoms with Crippen LogP contribution in [0, 0.1) is 5.82 Å². The average molecular weight is 560 g/mol. The van der Waals surface area contributed by atoms with Crippen molar-refractivity contribution >= 4 is 54.9 Å². The van der Waals surface area contributed by atoms with Gasteiger partial charge in [-0.3, -0.25) is 9.69 Å². The molecule has 0 saturated heterocycles. The van der Waals surface area contributed by atoms with Crippen LogP contribution >= 0.6 is 27.5 Å². The third kappa shape index (κ3) is 7.02. The third-order valence-electron chi connectivity index (χ3n) is 4.82. The molecule has 1 atom stereocenters. The minimum absolute atomic E-state index is 0.0183. The molecule has 1 aliphatic heterocycles. The molecule has 1 aliphatic rings. The topological polar surface area (TPSA) is 92.8 Å². The highest BCUT2D eigenvalue weighted by atomic mass is 79.9. The van der Waals surface area contributed by atoms with Gasteiger partial charge in [0.2, 0.25) is 0 Å². The average Bonchev–Trinajstić information content (AvgIpc) is 2.73. The number of halogens is 3. The summed E-state index contributed by atoms with van der Waals surface area (Å²) in [6, 6.07) is 7.59. The number of anilines is 1. The maximum absolute atomic E-state index is 13.3. The molecule has 0 saturated carbocycles. The lowest BCUT2D eigenvalue weighted by atomic mass is 9.97. The normalized spacial score (nSPS) is 16.1. The molecule has 2 aromatic carbocycles. The number of carbonyl (C=O) groups excluding carboxylic acids is 2. The fraction of sp³-hybridized carbons (Fsp3) is 0.273. The van der Waals surface area contributed by atoms with Crippen molar-refractivity contribution in [3.05, 3.63) is 69.6 Å². The molecule has 1 N–H and O–H groups in total. The summed E-state index contributed by atoms with van der Waals surface area (Å²) in [4.78, 5) is 26.4. The molecular formula is C22H21BrClFN2O5S. The van der Waals surface area contributed by atoms with Crippen LogP contribution in [0.3, 0.4) is 0 Å². The molecule has 0 aromatic heterocycles. The van der Waals surface area contributed by atoms with E-state index < -0.39 is 27.7 Å². The number of hydrogen-bond acceptors (Lipinski definition) is 5. The van der Waals surface area contributed by atoms with Gasteiger partial charge in [0.05, 0.1) is 29.1 Å². The summed E-state index contributed by atoms with van der Waals surface area (Å²) >= 11 is 9.56. The number of urea groups is 1. The van der Waals surface area contributed by atoms with Gasteiger partial charge in [-0.1, -0.05) is 23.7 Å². The number of hydrogen-bond donors (Lipinski definition) is 1. The van der Waals surface area contributed by atoms with E-state index in [0.29, 0.717) is 22.1 Å². The highest BCUT2D eigenvalue weighted by Gasteiger charge is 2.29. The third-order valence-corrected chi connectivity index (χ3v) is 6.80. The molecule has 0 bridgehead atoms. The zero-order valence-electron chi connectivity index (χ0n) is 17.6. The largest absolute Gasteiger partial charge is 0.492 e. The number of benzene rings is 2. The molecule has 0 aliphatic carbocycles. The molecule has 11 heteroatoms. The summed E-state index contributed by atoms with van der Waals surface area (Å²) in [6.45, 7) is 0.130. The van der Waals surface area contributed by atoms with Crippen molar-refractivity contribution in [1.29, 1.82) is 0 Å². The molecule has 33 heavy (non-hydrogen) atoms. The summed E-state index contributed by atoms with van der Waals surface area (Å²) in [5.74, 6) is -0.300. The lowest BCUT2D eigenvalue weighted by Crippen LogP contribution is -2.37. The number of ether oxygens (including phenoxy) is 1. The summed E-state index contributed by atoms with van der Waals surface area (Å²) < 4.78 is 41.9. The predicted molar refractivity (Wildman–Crippen MR) is 128 cm³/mol. The van der Waals surface area contributed by atoms with E-state index in [-0.39, 0.29) is 35.3 Å². The number of allylic oxidation sites excluding steroid dienone is 1. The first-order valence-corrected chi connectivity index (χ1v) is 13.1. The predicted octanol–water partition coefficient (Wildman–Crippen LogP) is 5.12. The zero-order valence-corrected chi connectivity index (χ0v) is 20.7. The second-order valence-corrected chi connectivity index (χ2v) is 11.0. The van der Waals surface area contributed by atoms with Crippen molar-refractivity contribution in [3.63, 3.8) is 0 Å². The standard InChI is InChI=1S/C22H21BrClFN2O5S/c1-33(30,31)10-2-9-32-21-13-19(17(23)12-18(21)24)26-22(29)27-8-7-16(28)11-20(27)14-3-5-15(25)6-4-14/h3-8,12-13,20H,2,9-11H2,1H3,(H,26,29). The van der Waals surface area contributed by atoms with Gasteiger partial charge in [-0.25, -0.2) is 17.6 Å². The Balaban J connectivity index is 1.76. The van der Waals surface area contributed by atoms with E-state index in [4.69, 9.17) is 16.3 Å².